The van der Waals surface area contributed by atoms with E-state index in [2.05, 4.69) is 32.6 Å². The Balaban J connectivity index is 1.88. The van der Waals surface area contributed by atoms with E-state index in [1.807, 2.05) is 43.3 Å². The molecule has 0 aliphatic heterocycles. The largest absolute Gasteiger partial charge is 0.323 e. The molecular weight excluding hydrogens is 535 g/mol. The van der Waals surface area contributed by atoms with Crippen molar-refractivity contribution in [2.24, 2.45) is 0 Å². The van der Waals surface area contributed by atoms with E-state index >= 15 is 0 Å². The van der Waals surface area contributed by atoms with Gasteiger partial charge in [-0.25, -0.2) is 8.42 Å². The maximum atomic E-state index is 13.0. The lowest BCUT2D eigenvalue weighted by atomic mass is 10.1. The number of aryl methyl sites for hydroxylation is 1. The smallest absolute Gasteiger partial charge is 0.242 e. The van der Waals surface area contributed by atoms with Gasteiger partial charge in [0.2, 0.25) is 15.9 Å². The SMILES string of the molecule is Cc1cccc(NC(=O)[C@@H](Cc2ccccc2)NS(=O)(=O)c2ccc(I)cc2)c1Cl. The van der Waals surface area contributed by atoms with Crippen LogP contribution in [0.3, 0.4) is 0 Å². The fourth-order valence-electron chi connectivity index (χ4n) is 2.87. The number of sulfonamides is 1. The summed E-state index contributed by atoms with van der Waals surface area (Å²) in [5, 5.41) is 3.18. The molecular formula is C22H20ClIN2O3S. The minimum absolute atomic E-state index is 0.0994. The zero-order valence-corrected chi connectivity index (χ0v) is 19.8. The molecule has 0 aromatic heterocycles. The minimum Gasteiger partial charge on any atom is -0.323 e. The number of rotatable bonds is 7. The van der Waals surface area contributed by atoms with Gasteiger partial charge >= 0.3 is 0 Å². The van der Waals surface area contributed by atoms with Crippen LogP contribution >= 0.6 is 34.2 Å². The number of nitrogens with one attached hydrogen (secondary N) is 2. The zero-order chi connectivity index (χ0) is 21.7. The Bertz CT molecular complexity index is 1140. The first-order chi connectivity index (χ1) is 14.3. The van der Waals surface area contributed by atoms with Gasteiger partial charge in [0.05, 0.1) is 15.6 Å². The highest BCUT2D eigenvalue weighted by Gasteiger charge is 2.26. The van der Waals surface area contributed by atoms with E-state index in [1.54, 1.807) is 24.3 Å². The fourth-order valence-corrected chi connectivity index (χ4v) is 4.60. The van der Waals surface area contributed by atoms with E-state index in [0.29, 0.717) is 10.7 Å². The van der Waals surface area contributed by atoms with Crippen LogP contribution in [0.1, 0.15) is 11.1 Å². The molecule has 0 bridgehead atoms. The monoisotopic (exact) mass is 554 g/mol. The van der Waals surface area contributed by atoms with Crippen LogP contribution in [0.25, 0.3) is 0 Å². The van der Waals surface area contributed by atoms with Crippen LogP contribution in [0.4, 0.5) is 5.69 Å². The van der Waals surface area contributed by atoms with Gasteiger partial charge in [0, 0.05) is 3.57 Å². The van der Waals surface area contributed by atoms with Crippen LogP contribution in [0, 0.1) is 10.5 Å². The maximum Gasteiger partial charge on any atom is 0.242 e. The molecule has 0 fully saturated rings. The molecule has 1 atom stereocenters. The highest BCUT2D eigenvalue weighted by molar-refractivity contribution is 14.1. The number of anilines is 1. The lowest BCUT2D eigenvalue weighted by Crippen LogP contribution is -2.45. The summed E-state index contributed by atoms with van der Waals surface area (Å²) in [7, 11) is -3.90. The summed E-state index contributed by atoms with van der Waals surface area (Å²) >= 11 is 8.39. The molecule has 3 aromatic carbocycles. The van der Waals surface area contributed by atoms with Crippen LogP contribution in [0.15, 0.2) is 77.7 Å². The van der Waals surface area contributed by atoms with Gasteiger partial charge in [-0.2, -0.15) is 4.72 Å². The summed E-state index contributed by atoms with van der Waals surface area (Å²) in [5.74, 6) is -0.486. The second-order valence-electron chi connectivity index (χ2n) is 6.74. The Morgan fingerprint density at radius 1 is 1.00 bits per heavy atom. The van der Waals surface area contributed by atoms with Crippen LogP contribution in [0.2, 0.25) is 5.02 Å². The van der Waals surface area contributed by atoms with Gasteiger partial charge in [0.25, 0.3) is 0 Å². The van der Waals surface area contributed by atoms with Crippen molar-refractivity contribution < 1.29 is 13.2 Å². The number of halogens is 2. The molecule has 156 valence electrons. The summed E-state index contributed by atoms with van der Waals surface area (Å²) in [6, 6.07) is 19.9. The van der Waals surface area contributed by atoms with E-state index in [0.717, 1.165) is 14.7 Å². The normalized spacial score (nSPS) is 12.4. The van der Waals surface area contributed by atoms with Gasteiger partial charge in [0.15, 0.2) is 0 Å². The third kappa shape index (κ3) is 5.81. The topological polar surface area (TPSA) is 75.3 Å². The Labute approximate surface area is 195 Å². The first kappa shape index (κ1) is 22.7. The quantitative estimate of drug-likeness (QED) is 0.413. The van der Waals surface area contributed by atoms with Crippen molar-refractivity contribution in [3.8, 4) is 0 Å². The molecule has 1 amide bonds. The molecule has 30 heavy (non-hydrogen) atoms. The van der Waals surface area contributed by atoms with Crippen molar-refractivity contribution in [1.29, 1.82) is 0 Å². The first-order valence-corrected chi connectivity index (χ1v) is 12.1. The van der Waals surface area contributed by atoms with E-state index in [1.165, 1.54) is 12.1 Å². The first-order valence-electron chi connectivity index (χ1n) is 9.14. The maximum absolute atomic E-state index is 13.0. The highest BCUT2D eigenvalue weighted by atomic mass is 127. The predicted octanol–water partition coefficient (Wildman–Crippen LogP) is 4.78. The van der Waals surface area contributed by atoms with Crippen molar-refractivity contribution in [2.75, 3.05) is 5.32 Å². The molecule has 0 heterocycles. The summed E-state index contributed by atoms with van der Waals surface area (Å²) in [6.07, 6.45) is 0.194. The molecule has 0 aliphatic rings. The number of amides is 1. The average Bonchev–Trinajstić information content (AvgIpc) is 2.72. The van der Waals surface area contributed by atoms with Crippen molar-refractivity contribution in [3.63, 3.8) is 0 Å². The van der Waals surface area contributed by atoms with Gasteiger partial charge in [-0.3, -0.25) is 4.79 Å². The number of carbonyl (C=O) groups is 1. The lowest BCUT2D eigenvalue weighted by molar-refractivity contribution is -0.117. The van der Waals surface area contributed by atoms with Gasteiger partial charge in [0.1, 0.15) is 6.04 Å². The summed E-state index contributed by atoms with van der Waals surface area (Å²) in [4.78, 5) is 13.1. The van der Waals surface area contributed by atoms with Crippen molar-refractivity contribution in [3.05, 3.63) is 92.5 Å². The Morgan fingerprint density at radius 3 is 2.33 bits per heavy atom. The number of hydrogen-bond donors (Lipinski definition) is 2. The van der Waals surface area contributed by atoms with E-state index in [9.17, 15) is 13.2 Å². The average molecular weight is 555 g/mol. The number of carbonyl (C=O) groups excluding carboxylic acids is 1. The Hall–Kier alpha value is -1.94. The summed E-state index contributed by atoms with van der Waals surface area (Å²) in [5.41, 5.74) is 2.08. The van der Waals surface area contributed by atoms with Crippen LogP contribution in [-0.2, 0) is 21.2 Å². The van der Waals surface area contributed by atoms with Gasteiger partial charge in [-0.05, 0) is 77.4 Å². The summed E-state index contributed by atoms with van der Waals surface area (Å²) in [6.45, 7) is 1.83. The second-order valence-corrected chi connectivity index (χ2v) is 10.1. The number of hydrogen-bond acceptors (Lipinski definition) is 3. The van der Waals surface area contributed by atoms with Crippen molar-refractivity contribution >= 4 is 55.8 Å². The molecule has 0 unspecified atom stereocenters. The fraction of sp³-hybridized carbons (Fsp3) is 0.136. The molecule has 5 nitrogen and oxygen atoms in total. The Morgan fingerprint density at radius 2 is 1.67 bits per heavy atom. The van der Waals surface area contributed by atoms with Gasteiger partial charge in [-0.1, -0.05) is 54.1 Å². The molecule has 8 heteroatoms. The van der Waals surface area contributed by atoms with Crippen LogP contribution in [-0.4, -0.2) is 20.4 Å². The predicted molar refractivity (Wildman–Crippen MR) is 128 cm³/mol. The Kier molecular flexibility index (Phi) is 7.51. The second kappa shape index (κ2) is 9.91. The molecule has 3 aromatic rings. The minimum atomic E-state index is -3.90. The van der Waals surface area contributed by atoms with Crippen molar-refractivity contribution in [2.45, 2.75) is 24.3 Å². The van der Waals surface area contributed by atoms with E-state index in [-0.39, 0.29) is 11.3 Å². The summed E-state index contributed by atoms with van der Waals surface area (Å²) < 4.78 is 29.3. The van der Waals surface area contributed by atoms with Gasteiger partial charge in [-0.15, -0.1) is 0 Å². The standard InChI is InChI=1S/C22H20ClIN2O3S/c1-15-6-5-9-19(21(15)23)25-22(27)20(14-16-7-3-2-4-8-16)26-30(28,29)18-12-10-17(24)11-13-18/h2-13,20,26H,14H2,1H3,(H,25,27)/t20-/m1/s1. The van der Waals surface area contributed by atoms with E-state index < -0.39 is 22.0 Å². The van der Waals surface area contributed by atoms with Crippen LogP contribution < -0.4 is 10.0 Å². The lowest BCUT2D eigenvalue weighted by Gasteiger charge is -2.19. The molecule has 2 N–H and O–H groups in total. The molecule has 0 radical (unpaired) electrons. The third-order valence-corrected chi connectivity index (χ3v) is 7.18. The molecule has 0 saturated heterocycles. The zero-order valence-electron chi connectivity index (χ0n) is 16.1. The molecule has 0 aliphatic carbocycles. The van der Waals surface area contributed by atoms with Crippen LogP contribution in [0.5, 0.6) is 0 Å². The third-order valence-electron chi connectivity index (χ3n) is 4.47. The van der Waals surface area contributed by atoms with Crippen molar-refractivity contribution in [1.82, 2.24) is 4.72 Å². The highest BCUT2D eigenvalue weighted by Crippen LogP contribution is 2.25. The van der Waals surface area contributed by atoms with Gasteiger partial charge < -0.3 is 5.32 Å². The molecule has 3 rings (SSSR count). The molecule has 0 saturated carbocycles. The number of benzene rings is 3. The molecule has 0 spiro atoms. The van der Waals surface area contributed by atoms with E-state index in [4.69, 9.17) is 11.6 Å².